The van der Waals surface area contributed by atoms with Gasteiger partial charge in [0, 0.05) is 17.0 Å². The summed E-state index contributed by atoms with van der Waals surface area (Å²) in [5, 5.41) is 0. The molecule has 1 aliphatic rings. The number of hydrogen-bond acceptors (Lipinski definition) is 5. The molecule has 0 N–H and O–H groups in total. The molecule has 0 amide bonds. The normalized spacial score (nSPS) is 18.1. The van der Waals surface area contributed by atoms with Gasteiger partial charge in [-0.15, -0.1) is 0 Å². The van der Waals surface area contributed by atoms with Crippen LogP contribution >= 0.6 is 0 Å². The molecule has 27 heavy (non-hydrogen) atoms. The fourth-order valence-electron chi connectivity index (χ4n) is 3.57. The minimum absolute atomic E-state index is 0.141. The van der Waals surface area contributed by atoms with Crippen LogP contribution in [-0.4, -0.2) is 28.4 Å². The molecule has 0 saturated heterocycles. The van der Waals surface area contributed by atoms with Gasteiger partial charge in [0.2, 0.25) is 5.75 Å². The van der Waals surface area contributed by atoms with Crippen LogP contribution in [0.4, 0.5) is 0 Å². The second-order valence-corrected chi connectivity index (χ2v) is 6.43. The summed E-state index contributed by atoms with van der Waals surface area (Å²) in [7, 11) is 6.48. The largest absolute Gasteiger partial charge is 0.493 e. The Morgan fingerprint density at radius 2 is 1.48 bits per heavy atom. The predicted octanol–water partition coefficient (Wildman–Crippen LogP) is 4.99. The van der Waals surface area contributed by atoms with Gasteiger partial charge in [0.15, 0.2) is 23.0 Å². The molecular weight excluding hydrogens is 344 g/mol. The van der Waals surface area contributed by atoms with Crippen molar-refractivity contribution in [1.82, 2.24) is 0 Å². The molecule has 0 radical (unpaired) electrons. The Balaban J connectivity index is 2.07. The fraction of sp³-hybridized carbons (Fsp3) is 0.364. The van der Waals surface area contributed by atoms with Crippen molar-refractivity contribution in [3.05, 3.63) is 47.0 Å². The first kappa shape index (κ1) is 19.0. The zero-order chi connectivity index (χ0) is 19.6. The molecular formula is C22H26O5. The summed E-state index contributed by atoms with van der Waals surface area (Å²) < 4.78 is 28.3. The van der Waals surface area contributed by atoms with E-state index in [-0.39, 0.29) is 12.0 Å². The van der Waals surface area contributed by atoms with E-state index < -0.39 is 0 Å². The maximum absolute atomic E-state index is 6.33. The molecule has 2 aromatic carbocycles. The van der Waals surface area contributed by atoms with Crippen molar-refractivity contribution in [2.75, 3.05) is 28.4 Å². The quantitative estimate of drug-likeness (QED) is 0.717. The van der Waals surface area contributed by atoms with Gasteiger partial charge >= 0.3 is 0 Å². The molecule has 144 valence electrons. The lowest BCUT2D eigenvalue weighted by Crippen LogP contribution is -2.08. The summed E-state index contributed by atoms with van der Waals surface area (Å²) in [4.78, 5) is 0. The Labute approximate surface area is 160 Å². The fourth-order valence-corrected chi connectivity index (χ4v) is 3.57. The molecule has 3 rings (SSSR count). The number of hydrogen-bond donors (Lipinski definition) is 0. The SMILES string of the molecule is C/C=C\c1cc(OC)c2c(c1)C(C)C(c1cc(OC)c(OC)c(OC)c1)O2. The average Bonchev–Trinajstić information content (AvgIpc) is 3.03. The van der Waals surface area contributed by atoms with E-state index in [9.17, 15) is 0 Å². The van der Waals surface area contributed by atoms with E-state index in [1.54, 1.807) is 28.4 Å². The van der Waals surface area contributed by atoms with Gasteiger partial charge in [-0.2, -0.15) is 0 Å². The number of ether oxygens (including phenoxy) is 5. The molecule has 5 heteroatoms. The molecule has 0 saturated carbocycles. The van der Waals surface area contributed by atoms with Gasteiger partial charge in [0.1, 0.15) is 6.10 Å². The van der Waals surface area contributed by atoms with Gasteiger partial charge in [-0.3, -0.25) is 0 Å². The summed E-state index contributed by atoms with van der Waals surface area (Å²) in [6, 6.07) is 8.02. The number of fused-ring (bicyclic) bond motifs is 1. The molecule has 5 nitrogen and oxygen atoms in total. The summed E-state index contributed by atoms with van der Waals surface area (Å²) in [5.74, 6) is 3.46. The Kier molecular flexibility index (Phi) is 5.49. The second-order valence-electron chi connectivity index (χ2n) is 6.43. The molecule has 2 aromatic rings. The van der Waals surface area contributed by atoms with Crippen LogP contribution in [0.5, 0.6) is 28.7 Å². The van der Waals surface area contributed by atoms with E-state index in [1.165, 1.54) is 0 Å². The Bertz CT molecular complexity index is 831. The molecule has 0 bridgehead atoms. The van der Waals surface area contributed by atoms with Crippen molar-refractivity contribution in [1.29, 1.82) is 0 Å². The van der Waals surface area contributed by atoms with Gasteiger partial charge in [-0.25, -0.2) is 0 Å². The first-order valence-corrected chi connectivity index (χ1v) is 8.89. The minimum Gasteiger partial charge on any atom is -0.493 e. The smallest absolute Gasteiger partial charge is 0.203 e. The lowest BCUT2D eigenvalue weighted by molar-refractivity contribution is 0.207. The topological polar surface area (TPSA) is 46.2 Å². The average molecular weight is 370 g/mol. The monoisotopic (exact) mass is 370 g/mol. The summed E-state index contributed by atoms with van der Waals surface area (Å²) >= 11 is 0. The van der Waals surface area contributed by atoms with Crippen LogP contribution in [0.1, 0.15) is 42.6 Å². The second kappa shape index (κ2) is 7.82. The van der Waals surface area contributed by atoms with Crippen molar-refractivity contribution in [3.8, 4) is 28.7 Å². The standard InChI is InChI=1S/C22H26O5/c1-7-8-14-9-16-13(2)20(27-21(16)17(10-14)23-3)15-11-18(24-4)22(26-6)19(12-15)25-5/h7-13,20H,1-6H3/b8-7-. The number of benzene rings is 2. The third-order valence-corrected chi connectivity index (χ3v) is 4.89. The van der Waals surface area contributed by atoms with Crippen molar-refractivity contribution >= 4 is 6.08 Å². The number of allylic oxidation sites excluding steroid dienone is 1. The van der Waals surface area contributed by atoms with Crippen molar-refractivity contribution in [3.63, 3.8) is 0 Å². The van der Waals surface area contributed by atoms with E-state index in [0.717, 1.165) is 28.2 Å². The maximum atomic E-state index is 6.33. The highest BCUT2D eigenvalue weighted by Crippen LogP contribution is 2.52. The predicted molar refractivity (Wildman–Crippen MR) is 106 cm³/mol. The summed E-state index contributed by atoms with van der Waals surface area (Å²) in [6.07, 6.45) is 3.89. The van der Waals surface area contributed by atoms with Crippen LogP contribution in [0.3, 0.4) is 0 Å². The number of rotatable bonds is 6. The van der Waals surface area contributed by atoms with E-state index in [4.69, 9.17) is 23.7 Å². The summed E-state index contributed by atoms with van der Waals surface area (Å²) in [5.41, 5.74) is 3.18. The highest BCUT2D eigenvalue weighted by Gasteiger charge is 2.36. The van der Waals surface area contributed by atoms with Crippen molar-refractivity contribution in [2.24, 2.45) is 0 Å². The van der Waals surface area contributed by atoms with Gasteiger partial charge in [-0.05, 0) is 36.8 Å². The zero-order valence-corrected chi connectivity index (χ0v) is 16.7. The molecule has 2 unspecified atom stereocenters. The molecule has 1 heterocycles. The Hall–Kier alpha value is -2.82. The van der Waals surface area contributed by atoms with Gasteiger partial charge in [0.05, 0.1) is 28.4 Å². The molecule has 2 atom stereocenters. The van der Waals surface area contributed by atoms with Crippen LogP contribution in [-0.2, 0) is 0 Å². The van der Waals surface area contributed by atoms with Crippen LogP contribution in [0.15, 0.2) is 30.3 Å². The van der Waals surface area contributed by atoms with Crippen molar-refractivity contribution < 1.29 is 23.7 Å². The molecule has 1 aliphatic heterocycles. The van der Waals surface area contributed by atoms with Gasteiger partial charge in [0.25, 0.3) is 0 Å². The lowest BCUT2D eigenvalue weighted by atomic mass is 9.91. The van der Waals surface area contributed by atoms with E-state index in [0.29, 0.717) is 17.2 Å². The molecule has 0 spiro atoms. The number of methoxy groups -OCH3 is 4. The minimum atomic E-state index is -0.177. The maximum Gasteiger partial charge on any atom is 0.203 e. The van der Waals surface area contributed by atoms with Crippen LogP contribution in [0.2, 0.25) is 0 Å². The van der Waals surface area contributed by atoms with E-state index in [1.807, 2.05) is 31.2 Å². The highest BCUT2D eigenvalue weighted by atomic mass is 16.5. The van der Waals surface area contributed by atoms with Crippen LogP contribution in [0.25, 0.3) is 6.08 Å². The van der Waals surface area contributed by atoms with Gasteiger partial charge in [-0.1, -0.05) is 19.1 Å². The lowest BCUT2D eigenvalue weighted by Gasteiger charge is -2.20. The first-order chi connectivity index (χ1) is 13.1. The Morgan fingerprint density at radius 1 is 0.852 bits per heavy atom. The molecule has 0 fully saturated rings. The first-order valence-electron chi connectivity index (χ1n) is 8.89. The van der Waals surface area contributed by atoms with E-state index >= 15 is 0 Å². The van der Waals surface area contributed by atoms with Gasteiger partial charge < -0.3 is 23.7 Å². The highest BCUT2D eigenvalue weighted by molar-refractivity contribution is 5.62. The Morgan fingerprint density at radius 3 is 2.00 bits per heavy atom. The van der Waals surface area contributed by atoms with Crippen LogP contribution in [0, 0.1) is 0 Å². The van der Waals surface area contributed by atoms with Crippen molar-refractivity contribution in [2.45, 2.75) is 25.9 Å². The third kappa shape index (κ3) is 3.29. The van der Waals surface area contributed by atoms with Crippen LogP contribution < -0.4 is 23.7 Å². The third-order valence-electron chi connectivity index (χ3n) is 4.89. The van der Waals surface area contributed by atoms with E-state index in [2.05, 4.69) is 19.1 Å². The molecule has 0 aliphatic carbocycles. The summed E-state index contributed by atoms with van der Waals surface area (Å²) in [6.45, 7) is 4.15. The molecule has 0 aromatic heterocycles. The zero-order valence-electron chi connectivity index (χ0n) is 16.7.